The Balaban J connectivity index is 1.64. The van der Waals surface area contributed by atoms with Crippen LogP contribution in [-0.2, 0) is 4.79 Å². The third-order valence-corrected chi connectivity index (χ3v) is 4.38. The summed E-state index contributed by atoms with van der Waals surface area (Å²) in [5, 5.41) is 18.3. The first-order valence-corrected chi connectivity index (χ1v) is 7.79. The van der Waals surface area contributed by atoms with E-state index in [4.69, 9.17) is 9.63 Å². The van der Waals surface area contributed by atoms with Gasteiger partial charge in [-0.15, -0.1) is 0 Å². The maximum absolute atomic E-state index is 10.9. The van der Waals surface area contributed by atoms with Crippen molar-refractivity contribution in [3.05, 3.63) is 36.4 Å². The summed E-state index contributed by atoms with van der Waals surface area (Å²) in [6, 6.07) is 7.99. The van der Waals surface area contributed by atoms with Gasteiger partial charge in [0.1, 0.15) is 5.82 Å². The molecule has 2 N–H and O–H groups in total. The van der Waals surface area contributed by atoms with Gasteiger partial charge in [-0.2, -0.15) is 4.98 Å². The normalized spacial score (nSPS) is 19.9. The van der Waals surface area contributed by atoms with E-state index in [1.807, 2.05) is 24.3 Å². The van der Waals surface area contributed by atoms with Crippen molar-refractivity contribution >= 4 is 22.6 Å². The van der Waals surface area contributed by atoms with Crippen LogP contribution >= 0.6 is 0 Å². The third-order valence-electron chi connectivity index (χ3n) is 4.38. The summed E-state index contributed by atoms with van der Waals surface area (Å²) in [5.41, 5.74) is 0.854. The monoisotopic (exact) mass is 324 g/mol. The Kier molecular flexibility index (Phi) is 3.41. The smallest absolute Gasteiger partial charge is 0.306 e. The molecule has 2 heterocycles. The first-order valence-electron chi connectivity index (χ1n) is 7.79. The van der Waals surface area contributed by atoms with Gasteiger partial charge in [0.15, 0.2) is 0 Å². The van der Waals surface area contributed by atoms with Crippen LogP contribution in [0, 0.1) is 12.8 Å². The average Bonchev–Trinajstić information content (AvgIpc) is 2.96. The number of hydrogen-bond donors (Lipinski definition) is 2. The van der Waals surface area contributed by atoms with Gasteiger partial charge in [0.05, 0.1) is 5.92 Å². The van der Waals surface area contributed by atoms with Crippen LogP contribution in [0.15, 0.2) is 35.0 Å². The predicted octanol–water partition coefficient (Wildman–Crippen LogP) is 2.87. The highest BCUT2D eigenvalue weighted by Gasteiger charge is 2.34. The van der Waals surface area contributed by atoms with Crippen LogP contribution in [0.25, 0.3) is 22.2 Å². The Morgan fingerprint density at radius 3 is 2.88 bits per heavy atom. The highest BCUT2D eigenvalue weighted by Crippen LogP contribution is 2.33. The molecule has 0 radical (unpaired) electrons. The summed E-state index contributed by atoms with van der Waals surface area (Å²) in [6.07, 6.45) is 2.99. The fraction of sp³-hybridized carbons (Fsp3) is 0.294. The van der Waals surface area contributed by atoms with Crippen LogP contribution in [0.3, 0.4) is 0 Å². The van der Waals surface area contributed by atoms with Crippen molar-refractivity contribution in [2.45, 2.75) is 25.8 Å². The van der Waals surface area contributed by atoms with Crippen LogP contribution in [0.1, 0.15) is 18.7 Å². The number of aliphatic carboxylic acids is 1. The van der Waals surface area contributed by atoms with E-state index in [1.54, 1.807) is 13.1 Å². The van der Waals surface area contributed by atoms with Gasteiger partial charge in [-0.3, -0.25) is 4.79 Å². The molecule has 0 atom stereocenters. The van der Waals surface area contributed by atoms with Crippen LogP contribution in [0.4, 0.5) is 5.82 Å². The van der Waals surface area contributed by atoms with Gasteiger partial charge in [0.2, 0.25) is 11.7 Å². The van der Waals surface area contributed by atoms with Crippen LogP contribution in [0.2, 0.25) is 0 Å². The molecule has 7 nitrogen and oxygen atoms in total. The Bertz CT molecular complexity index is 915. The Labute approximate surface area is 137 Å². The number of carbonyl (C=O) groups is 1. The zero-order valence-electron chi connectivity index (χ0n) is 13.1. The summed E-state index contributed by atoms with van der Waals surface area (Å²) in [5.74, 6) is 0.829. The number of hydrogen-bond acceptors (Lipinski definition) is 6. The lowest BCUT2D eigenvalue weighted by molar-refractivity contribution is -0.144. The minimum atomic E-state index is -0.728. The largest absolute Gasteiger partial charge is 0.481 e. The Morgan fingerprint density at radius 2 is 2.17 bits per heavy atom. The fourth-order valence-corrected chi connectivity index (χ4v) is 2.97. The second-order valence-corrected chi connectivity index (χ2v) is 6.08. The summed E-state index contributed by atoms with van der Waals surface area (Å²) >= 11 is 0. The number of anilines is 1. The second kappa shape index (κ2) is 5.59. The third kappa shape index (κ3) is 2.58. The Hall–Kier alpha value is -2.96. The number of carboxylic acids is 1. The lowest BCUT2D eigenvalue weighted by atomic mass is 9.80. The number of carboxylic acid groups (broad SMARTS) is 1. The van der Waals surface area contributed by atoms with Crippen molar-refractivity contribution in [2.75, 3.05) is 5.32 Å². The van der Waals surface area contributed by atoms with Crippen molar-refractivity contribution in [3.63, 3.8) is 0 Å². The lowest BCUT2D eigenvalue weighted by Crippen LogP contribution is -2.39. The maximum atomic E-state index is 10.9. The molecular formula is C17H16N4O3. The van der Waals surface area contributed by atoms with E-state index in [0.29, 0.717) is 24.6 Å². The first-order chi connectivity index (χ1) is 11.6. The molecule has 0 amide bonds. The molecule has 0 aliphatic heterocycles. The van der Waals surface area contributed by atoms with Gasteiger partial charge in [-0.1, -0.05) is 17.3 Å². The molecule has 4 rings (SSSR count). The number of nitrogens with zero attached hydrogens (tertiary/aromatic N) is 3. The number of fused-ring (bicyclic) bond motifs is 1. The van der Waals surface area contributed by atoms with E-state index < -0.39 is 5.97 Å². The van der Waals surface area contributed by atoms with E-state index in [9.17, 15) is 4.79 Å². The molecule has 1 aromatic carbocycles. The summed E-state index contributed by atoms with van der Waals surface area (Å²) in [4.78, 5) is 19.6. The van der Waals surface area contributed by atoms with E-state index in [1.165, 1.54) is 0 Å². The predicted molar refractivity (Wildman–Crippen MR) is 87.5 cm³/mol. The van der Waals surface area contributed by atoms with Crippen molar-refractivity contribution in [1.82, 2.24) is 15.1 Å². The molecule has 3 aromatic rings. The zero-order chi connectivity index (χ0) is 16.7. The molecule has 122 valence electrons. The van der Waals surface area contributed by atoms with Crippen LogP contribution in [0.5, 0.6) is 0 Å². The molecule has 0 bridgehead atoms. The quantitative estimate of drug-likeness (QED) is 0.761. The number of rotatable bonds is 4. The zero-order valence-corrected chi connectivity index (χ0v) is 13.1. The molecule has 2 aromatic heterocycles. The molecule has 0 saturated heterocycles. The minimum absolute atomic E-state index is 0.139. The van der Waals surface area contributed by atoms with Crippen molar-refractivity contribution in [3.8, 4) is 11.4 Å². The topological polar surface area (TPSA) is 101 Å². The number of aromatic nitrogens is 3. The molecule has 1 aliphatic rings. The highest BCUT2D eigenvalue weighted by molar-refractivity contribution is 5.94. The number of aryl methyl sites for hydroxylation is 1. The SMILES string of the molecule is Cc1nc(-c2ccc3ccnc(NC4CC(C(=O)O)C4)c3c2)no1. The first kappa shape index (κ1) is 14.6. The van der Waals surface area contributed by atoms with Gasteiger partial charge in [0.25, 0.3) is 0 Å². The summed E-state index contributed by atoms with van der Waals surface area (Å²) < 4.78 is 5.04. The highest BCUT2D eigenvalue weighted by atomic mass is 16.5. The Morgan fingerprint density at radius 1 is 1.33 bits per heavy atom. The standard InChI is InChI=1S/C17H16N4O3/c1-9-19-15(21-24-9)11-3-2-10-4-5-18-16(14(10)8-11)20-13-6-12(7-13)17(22)23/h2-5,8,12-13H,6-7H2,1H3,(H,18,20)(H,22,23). The van der Waals surface area contributed by atoms with Gasteiger partial charge in [-0.25, -0.2) is 4.98 Å². The van der Waals surface area contributed by atoms with E-state index in [0.717, 1.165) is 22.2 Å². The van der Waals surface area contributed by atoms with Gasteiger partial charge in [0, 0.05) is 30.1 Å². The van der Waals surface area contributed by atoms with Gasteiger partial charge < -0.3 is 14.9 Å². The molecule has 24 heavy (non-hydrogen) atoms. The van der Waals surface area contributed by atoms with E-state index in [-0.39, 0.29) is 12.0 Å². The van der Waals surface area contributed by atoms with Crippen molar-refractivity contribution in [2.24, 2.45) is 5.92 Å². The van der Waals surface area contributed by atoms with Crippen LogP contribution in [-0.4, -0.2) is 32.2 Å². The van der Waals surface area contributed by atoms with Gasteiger partial charge in [-0.05, 0) is 30.4 Å². The molecule has 0 unspecified atom stereocenters. The number of pyridine rings is 1. The van der Waals surface area contributed by atoms with Crippen molar-refractivity contribution < 1.29 is 14.4 Å². The minimum Gasteiger partial charge on any atom is -0.481 e. The maximum Gasteiger partial charge on any atom is 0.306 e. The molecule has 0 spiro atoms. The molecular weight excluding hydrogens is 308 g/mol. The molecule has 1 fully saturated rings. The van der Waals surface area contributed by atoms with E-state index >= 15 is 0 Å². The molecule has 7 heteroatoms. The summed E-state index contributed by atoms with van der Waals surface area (Å²) in [7, 11) is 0. The number of nitrogens with one attached hydrogen (secondary N) is 1. The fourth-order valence-electron chi connectivity index (χ4n) is 2.97. The molecule has 1 saturated carbocycles. The van der Waals surface area contributed by atoms with E-state index in [2.05, 4.69) is 20.4 Å². The number of benzene rings is 1. The summed E-state index contributed by atoms with van der Waals surface area (Å²) in [6.45, 7) is 1.75. The second-order valence-electron chi connectivity index (χ2n) is 6.08. The lowest BCUT2D eigenvalue weighted by Gasteiger charge is -2.33. The van der Waals surface area contributed by atoms with Crippen LogP contribution < -0.4 is 5.32 Å². The van der Waals surface area contributed by atoms with Crippen molar-refractivity contribution in [1.29, 1.82) is 0 Å². The van der Waals surface area contributed by atoms with Gasteiger partial charge >= 0.3 is 5.97 Å². The average molecular weight is 324 g/mol. The molecule has 1 aliphatic carbocycles.